The topological polar surface area (TPSA) is 6.48 Å². The molecule has 51 heavy (non-hydrogen) atoms. The molecule has 4 aliphatic rings. The molecule has 7 rings (SSSR count). The van der Waals surface area contributed by atoms with Crippen LogP contribution in [0.2, 0.25) is 0 Å². The molecule has 7 heteroatoms. The first-order valence-corrected chi connectivity index (χ1v) is 26.2. The van der Waals surface area contributed by atoms with Gasteiger partial charge in [0.05, 0.1) is 11.4 Å². The Kier molecular flexibility index (Phi) is 14.1. The van der Waals surface area contributed by atoms with Crippen molar-refractivity contribution in [2.24, 2.45) is 0 Å². The van der Waals surface area contributed by atoms with Crippen molar-refractivity contribution in [3.05, 3.63) is 109 Å². The Morgan fingerprint density at radius 3 is 1.59 bits per heavy atom. The molecule has 1 aromatic heterocycles. The molecule has 0 N–H and O–H groups in total. The van der Waals surface area contributed by atoms with Gasteiger partial charge < -0.3 is 9.80 Å². The van der Waals surface area contributed by atoms with Gasteiger partial charge in [0, 0.05) is 28.5 Å². The predicted molar refractivity (Wildman–Crippen MR) is 225 cm³/mol. The van der Waals surface area contributed by atoms with Gasteiger partial charge in [0.25, 0.3) is 0 Å². The maximum absolute atomic E-state index is 4.85. The van der Waals surface area contributed by atoms with Crippen molar-refractivity contribution >= 4 is 56.1 Å². The molecule has 1 aliphatic heterocycles. The number of aryl methyl sites for hydroxylation is 6. The normalized spacial score (nSPS) is 21.3. The number of allylic oxidation sites excluding steroid dienone is 2. The van der Waals surface area contributed by atoms with Gasteiger partial charge in [-0.2, -0.15) is 0 Å². The first-order chi connectivity index (χ1) is 24.7. The zero-order valence-corrected chi connectivity index (χ0v) is 36.5. The van der Waals surface area contributed by atoms with Crippen molar-refractivity contribution in [3.63, 3.8) is 0 Å². The van der Waals surface area contributed by atoms with Crippen molar-refractivity contribution in [3.8, 4) is 0 Å². The van der Waals surface area contributed by atoms with E-state index in [-0.39, 0.29) is 23.1 Å². The summed E-state index contributed by atoms with van der Waals surface area (Å²) in [4.78, 5) is 6.67. The van der Waals surface area contributed by atoms with E-state index in [1.165, 1.54) is 139 Å². The Bertz CT molecular complexity index is 1600. The monoisotopic (exact) mass is 848 g/mol. The second kappa shape index (κ2) is 18.3. The molecule has 0 radical (unpaired) electrons. The van der Waals surface area contributed by atoms with E-state index in [1.54, 1.807) is 11.1 Å². The van der Waals surface area contributed by atoms with Crippen molar-refractivity contribution < 1.29 is 15.1 Å². The van der Waals surface area contributed by atoms with Crippen LogP contribution in [0.1, 0.15) is 122 Å². The molecule has 1 unspecified atom stereocenters. The Morgan fingerprint density at radius 2 is 1.16 bits per heavy atom. The van der Waals surface area contributed by atoms with Crippen LogP contribution in [-0.2, 0) is 15.1 Å². The molecule has 0 bridgehead atoms. The average molecular weight is 849 g/mol. The van der Waals surface area contributed by atoms with Crippen LogP contribution in [0.25, 0.3) is 6.08 Å². The van der Waals surface area contributed by atoms with Gasteiger partial charge >= 0.3 is 34.5 Å². The molecular weight excluding hydrogens is 792 g/mol. The van der Waals surface area contributed by atoms with Gasteiger partial charge in [-0.15, -0.1) is 11.3 Å². The van der Waals surface area contributed by atoms with Crippen LogP contribution in [0.15, 0.2) is 71.1 Å². The summed E-state index contributed by atoms with van der Waals surface area (Å²) in [6.07, 6.45) is 25.7. The number of anilines is 2. The third-order valence-corrected chi connectivity index (χ3v) is 16.4. The van der Waals surface area contributed by atoms with E-state index in [2.05, 4.69) is 112 Å². The van der Waals surface area contributed by atoms with Crippen molar-refractivity contribution in [1.82, 2.24) is 0 Å². The van der Waals surface area contributed by atoms with E-state index in [0.29, 0.717) is 5.66 Å². The maximum atomic E-state index is 4.85. The van der Waals surface area contributed by atoms with Crippen molar-refractivity contribution in [1.29, 1.82) is 0 Å². The fourth-order valence-corrected chi connectivity index (χ4v) is 15.2. The van der Waals surface area contributed by atoms with Crippen LogP contribution >= 0.6 is 38.6 Å². The number of rotatable bonds is 6. The van der Waals surface area contributed by atoms with Crippen LogP contribution in [0.5, 0.6) is 0 Å². The molecular formula is C44H57Cl2N2PRuS. The zero-order valence-electron chi connectivity index (χ0n) is 31.6. The Labute approximate surface area is 330 Å². The number of benzene rings is 2. The molecule has 3 aromatic rings. The summed E-state index contributed by atoms with van der Waals surface area (Å²) in [5.74, 6) is 1.42. The average Bonchev–Trinajstić information content (AvgIpc) is 3.76. The van der Waals surface area contributed by atoms with Crippen LogP contribution in [0.4, 0.5) is 11.4 Å². The van der Waals surface area contributed by atoms with Gasteiger partial charge in [-0.25, -0.2) is 0 Å². The number of hydrogen-bond acceptors (Lipinski definition) is 3. The number of thiophene rings is 1. The Hall–Kier alpha value is -1.41. The molecule has 2 aromatic carbocycles. The Balaban J connectivity index is 0.00000144. The van der Waals surface area contributed by atoms with Gasteiger partial charge in [-0.3, -0.25) is 0 Å². The second-order valence-corrected chi connectivity index (χ2v) is 22.0. The minimum atomic E-state index is -0.346. The quantitative estimate of drug-likeness (QED) is 0.180. The van der Waals surface area contributed by atoms with E-state index in [9.17, 15) is 0 Å². The van der Waals surface area contributed by atoms with Gasteiger partial charge in [-0.05, 0) is 143 Å². The van der Waals surface area contributed by atoms with E-state index < -0.39 is 0 Å². The van der Waals surface area contributed by atoms with Gasteiger partial charge in [0.15, 0.2) is 0 Å². The van der Waals surface area contributed by atoms with Gasteiger partial charge in [-0.1, -0.05) is 87.9 Å². The molecule has 0 spiro atoms. The van der Waals surface area contributed by atoms with E-state index in [4.69, 9.17) is 19.4 Å². The molecule has 3 aliphatic carbocycles. The van der Waals surface area contributed by atoms with Crippen LogP contribution < -0.4 is 9.80 Å². The SMILES string of the molecule is Cc1cc(C)c(N2C=CN(c3c(C)cc(C)cc3C)C2=C2C(=Cc3cccs3)CCCC2P(C2CCCCC2)C2CCCCC2)c(C)c1.[Cl][Ru][Cl]. The molecule has 2 heterocycles. The van der Waals surface area contributed by atoms with Gasteiger partial charge in [0.1, 0.15) is 5.82 Å². The summed E-state index contributed by atoms with van der Waals surface area (Å²) < 4.78 is 0. The molecule has 3 fully saturated rings. The predicted octanol–water partition coefficient (Wildman–Crippen LogP) is 14.8. The standard InChI is InChI=1S/C44H57N2PS.2ClH.Ru/c1-30-25-32(3)42(33(4)26-30)45-22-23-46(43-34(5)27-31(2)28-35(43)6)44(45)41-36(29-39-20-14-24-48-39)15-13-21-40(41)47(37-16-9-7-10-17-37)38-18-11-8-12-19-38;;;/h14,20,22-29,37-38,40H,7-13,15-19,21H2,1-6H3;2*1H;/q;;;+2/p-2. The summed E-state index contributed by atoms with van der Waals surface area (Å²) >= 11 is 1.55. The summed E-state index contributed by atoms with van der Waals surface area (Å²) in [5, 5.41) is 2.25. The molecule has 2 nitrogen and oxygen atoms in total. The first-order valence-electron chi connectivity index (χ1n) is 19.3. The van der Waals surface area contributed by atoms with Crippen LogP contribution in [0, 0.1) is 41.5 Å². The van der Waals surface area contributed by atoms with Crippen molar-refractivity contribution in [2.45, 2.75) is 142 Å². The van der Waals surface area contributed by atoms with Crippen LogP contribution in [-0.4, -0.2) is 17.0 Å². The summed E-state index contributed by atoms with van der Waals surface area (Å²) in [5.41, 5.74) is 16.7. The van der Waals surface area contributed by atoms with Crippen molar-refractivity contribution in [2.75, 3.05) is 9.80 Å². The molecule has 3 saturated carbocycles. The molecule has 276 valence electrons. The summed E-state index contributed by atoms with van der Waals surface area (Å²) in [6, 6.07) is 14.1. The summed E-state index contributed by atoms with van der Waals surface area (Å²) in [6.45, 7) is 13.8. The van der Waals surface area contributed by atoms with E-state index in [1.807, 2.05) is 11.3 Å². The third kappa shape index (κ3) is 8.95. The van der Waals surface area contributed by atoms with E-state index in [0.717, 1.165) is 11.3 Å². The number of halogens is 2. The second-order valence-electron chi connectivity index (χ2n) is 15.4. The summed E-state index contributed by atoms with van der Waals surface area (Å²) in [7, 11) is 9.55. The zero-order chi connectivity index (χ0) is 36.1. The first kappa shape index (κ1) is 39.3. The molecule has 0 saturated heterocycles. The Morgan fingerprint density at radius 1 is 0.686 bits per heavy atom. The molecule has 0 amide bonds. The fraction of sp³-hybridized carbons (Fsp3) is 0.500. The van der Waals surface area contributed by atoms with E-state index >= 15 is 0 Å². The van der Waals surface area contributed by atoms with Crippen LogP contribution in [0.3, 0.4) is 0 Å². The number of hydrogen-bond donors (Lipinski definition) is 0. The molecule has 1 atom stereocenters. The van der Waals surface area contributed by atoms with Gasteiger partial charge in [0.2, 0.25) is 0 Å². The number of nitrogens with zero attached hydrogens (tertiary/aromatic N) is 2. The third-order valence-electron chi connectivity index (χ3n) is 11.6. The fourth-order valence-electron chi connectivity index (χ4n) is 9.95. The minimum absolute atomic E-state index is 0.154.